The molecule has 0 spiro atoms. The summed E-state index contributed by atoms with van der Waals surface area (Å²) in [5, 5.41) is 0.763. The molecule has 0 unspecified atom stereocenters. The Morgan fingerprint density at radius 2 is 0.477 bits per heavy atom. The Hall–Kier alpha value is -10.0. The maximum atomic E-state index is 6.19. The first kappa shape index (κ1) is 59.7. The van der Waals surface area contributed by atoms with Crippen molar-refractivity contribution >= 4 is 55.1 Å². The fraction of sp³-hybridized carbons (Fsp3) is 0. The van der Waals surface area contributed by atoms with Crippen molar-refractivity contribution in [3.8, 4) is 113 Å². The number of hydrogen-bond acceptors (Lipinski definition) is 9. The third kappa shape index (κ3) is 16.1. The molecule has 0 aliphatic carbocycles. The van der Waals surface area contributed by atoms with E-state index in [-0.39, 0.29) is 5.28 Å². The minimum Gasteiger partial charge on any atom is -0.235 e. The van der Waals surface area contributed by atoms with Crippen LogP contribution in [-0.2, 0) is 0 Å². The minimum absolute atomic E-state index is 0.202. The molecule has 13 heteroatoms. The Kier molecular flexibility index (Phi) is 20.3. The van der Waals surface area contributed by atoms with Crippen LogP contribution in [0.15, 0.2) is 318 Å². The van der Waals surface area contributed by atoms with E-state index >= 15 is 0 Å². The van der Waals surface area contributed by atoms with Crippen LogP contribution in [0.25, 0.3) is 113 Å². The lowest BCUT2D eigenvalue weighted by Crippen LogP contribution is -1.96. The van der Waals surface area contributed by atoms with Crippen LogP contribution in [0.2, 0.25) is 10.3 Å². The quantitative estimate of drug-likeness (QED) is 0.132. The van der Waals surface area contributed by atoms with E-state index in [1.54, 1.807) is 6.20 Å². The maximum Gasteiger partial charge on any atom is 0.226 e. The van der Waals surface area contributed by atoms with Crippen molar-refractivity contribution < 1.29 is 0 Å². The molecule has 0 radical (unpaired) electrons. The third-order valence-electron chi connectivity index (χ3n) is 13.4. The Balaban J connectivity index is 0.000000122. The summed E-state index contributed by atoms with van der Waals surface area (Å²) in [6.45, 7) is 0. The molecular formula is C75H51Br2Cl2N9. The van der Waals surface area contributed by atoms with Crippen molar-refractivity contribution in [2.45, 2.75) is 0 Å². The van der Waals surface area contributed by atoms with Gasteiger partial charge in [-0.1, -0.05) is 310 Å². The van der Waals surface area contributed by atoms with Gasteiger partial charge in [-0.3, -0.25) is 0 Å². The molecule has 4 aromatic heterocycles. The fourth-order valence-electron chi connectivity index (χ4n) is 9.05. The standard InChI is InChI=1S/2C22H15BrN2.C16H11ClN2.C15H10ClN3/c23-19-13-11-17(12-14-19)21-15-20(16-7-3-1-4-8-16)24-22(25-21)18-9-5-2-6-10-18;23-19-13-11-18(12-14-19)22-24-20(16-7-3-1-4-8-16)15-21(25-22)17-9-5-2-6-10-17;17-14-11-18-16(13-9-5-2-6-10-13)19-15(14)12-7-3-1-4-8-12;16-15-18-13(11-7-3-1-4-8-11)17-14(19-15)12-9-5-2-6-10-12/h2*1-15H;1-11H;1-10H. The summed E-state index contributed by atoms with van der Waals surface area (Å²) in [4.78, 5) is 40.9. The van der Waals surface area contributed by atoms with Crippen molar-refractivity contribution in [1.82, 2.24) is 44.9 Å². The van der Waals surface area contributed by atoms with Crippen LogP contribution < -0.4 is 0 Å². The van der Waals surface area contributed by atoms with E-state index in [0.717, 1.165) is 105 Å². The van der Waals surface area contributed by atoms with E-state index < -0.39 is 0 Å². The summed E-state index contributed by atoms with van der Waals surface area (Å²) in [5.74, 6) is 3.32. The molecule has 0 bridgehead atoms. The summed E-state index contributed by atoms with van der Waals surface area (Å²) < 4.78 is 2.09. The molecule has 0 saturated heterocycles. The number of rotatable bonds is 10. The Labute approximate surface area is 538 Å². The highest BCUT2D eigenvalue weighted by atomic mass is 79.9. The van der Waals surface area contributed by atoms with Gasteiger partial charge in [-0.2, -0.15) is 9.97 Å². The van der Waals surface area contributed by atoms with Crippen LogP contribution in [0.5, 0.6) is 0 Å². The molecule has 424 valence electrons. The monoisotopic (exact) mass is 1310 g/mol. The Bertz CT molecular complexity index is 4150. The van der Waals surface area contributed by atoms with Gasteiger partial charge in [0.15, 0.2) is 29.1 Å². The van der Waals surface area contributed by atoms with Gasteiger partial charge in [0.1, 0.15) is 0 Å². The molecule has 10 aromatic carbocycles. The lowest BCUT2D eigenvalue weighted by Gasteiger charge is -2.09. The molecule has 9 nitrogen and oxygen atoms in total. The molecule has 88 heavy (non-hydrogen) atoms. The second-order valence-electron chi connectivity index (χ2n) is 19.5. The lowest BCUT2D eigenvalue weighted by atomic mass is 10.1. The number of benzene rings is 10. The molecule has 0 N–H and O–H groups in total. The Morgan fingerprint density at radius 1 is 0.227 bits per heavy atom. The van der Waals surface area contributed by atoms with Gasteiger partial charge in [0, 0.05) is 64.6 Å². The van der Waals surface area contributed by atoms with Gasteiger partial charge < -0.3 is 0 Å². The van der Waals surface area contributed by atoms with E-state index in [9.17, 15) is 0 Å². The van der Waals surface area contributed by atoms with E-state index in [1.165, 1.54) is 0 Å². The fourth-order valence-corrected chi connectivity index (χ4v) is 9.94. The molecule has 0 atom stereocenters. The van der Waals surface area contributed by atoms with Crippen molar-refractivity contribution in [3.63, 3.8) is 0 Å². The van der Waals surface area contributed by atoms with Gasteiger partial charge in [-0.05, 0) is 48.0 Å². The largest absolute Gasteiger partial charge is 0.235 e. The minimum atomic E-state index is 0.202. The van der Waals surface area contributed by atoms with Gasteiger partial charge >= 0.3 is 0 Å². The normalized spacial score (nSPS) is 10.5. The SMILES string of the molecule is Brc1ccc(-c2cc(-c3ccccc3)nc(-c3ccccc3)n2)cc1.Brc1ccc(-c2nc(-c3ccccc3)cc(-c3ccccc3)n2)cc1.Clc1cnc(-c2ccccc2)nc1-c1ccccc1.Clc1nc(-c2ccccc2)nc(-c2ccccc2)n1. The molecule has 0 amide bonds. The highest BCUT2D eigenvalue weighted by Crippen LogP contribution is 2.32. The number of hydrogen-bond donors (Lipinski definition) is 0. The summed E-state index contributed by atoms with van der Waals surface area (Å²) in [6.07, 6.45) is 1.65. The molecule has 14 aromatic rings. The van der Waals surface area contributed by atoms with Gasteiger partial charge in [0.05, 0.1) is 39.7 Å². The van der Waals surface area contributed by atoms with Crippen LogP contribution in [-0.4, -0.2) is 44.9 Å². The average molecular weight is 1310 g/mol. The summed E-state index contributed by atoms with van der Waals surface area (Å²) in [6, 6.07) is 100. The highest BCUT2D eigenvalue weighted by molar-refractivity contribution is 9.10. The summed E-state index contributed by atoms with van der Waals surface area (Å²) in [7, 11) is 0. The van der Waals surface area contributed by atoms with Crippen molar-refractivity contribution in [2.75, 3.05) is 0 Å². The molecule has 0 aliphatic rings. The Morgan fingerprint density at radius 3 is 0.807 bits per heavy atom. The van der Waals surface area contributed by atoms with Gasteiger partial charge in [-0.25, -0.2) is 34.9 Å². The first-order valence-electron chi connectivity index (χ1n) is 27.9. The predicted molar refractivity (Wildman–Crippen MR) is 366 cm³/mol. The van der Waals surface area contributed by atoms with Gasteiger partial charge in [0.25, 0.3) is 0 Å². The second-order valence-corrected chi connectivity index (χ2v) is 22.1. The van der Waals surface area contributed by atoms with Crippen LogP contribution in [0, 0.1) is 0 Å². The predicted octanol–water partition coefficient (Wildman–Crippen LogP) is 20.8. The van der Waals surface area contributed by atoms with Crippen LogP contribution in [0.4, 0.5) is 0 Å². The van der Waals surface area contributed by atoms with Crippen LogP contribution in [0.1, 0.15) is 0 Å². The molecule has 0 aliphatic heterocycles. The average Bonchev–Trinajstić information content (AvgIpc) is 3.67. The maximum absolute atomic E-state index is 6.19. The van der Waals surface area contributed by atoms with Crippen molar-refractivity contribution in [2.24, 2.45) is 0 Å². The van der Waals surface area contributed by atoms with Gasteiger partial charge in [0.2, 0.25) is 5.28 Å². The molecule has 0 saturated carbocycles. The molecule has 4 heterocycles. The summed E-state index contributed by atoms with van der Waals surface area (Å²) >= 11 is 19.1. The topological polar surface area (TPSA) is 116 Å². The van der Waals surface area contributed by atoms with E-state index in [1.807, 2.05) is 255 Å². The first-order valence-corrected chi connectivity index (χ1v) is 30.3. The third-order valence-corrected chi connectivity index (χ3v) is 14.9. The number of nitrogens with zero attached hydrogens (tertiary/aromatic N) is 9. The summed E-state index contributed by atoms with van der Waals surface area (Å²) in [5.41, 5.74) is 14.6. The first-order chi connectivity index (χ1) is 43.3. The van der Waals surface area contributed by atoms with Crippen LogP contribution >= 0.6 is 55.1 Å². The lowest BCUT2D eigenvalue weighted by molar-refractivity contribution is 1.07. The van der Waals surface area contributed by atoms with Crippen molar-refractivity contribution in [3.05, 3.63) is 329 Å². The van der Waals surface area contributed by atoms with Crippen LogP contribution in [0.3, 0.4) is 0 Å². The van der Waals surface area contributed by atoms with E-state index in [0.29, 0.717) is 22.5 Å². The van der Waals surface area contributed by atoms with E-state index in [2.05, 4.69) is 105 Å². The highest BCUT2D eigenvalue weighted by Gasteiger charge is 2.14. The smallest absolute Gasteiger partial charge is 0.226 e. The molecule has 0 fully saturated rings. The zero-order valence-corrected chi connectivity index (χ0v) is 51.7. The number of halogens is 4. The second kappa shape index (κ2) is 29.9. The zero-order valence-electron chi connectivity index (χ0n) is 47.0. The molecular weight excluding hydrogens is 1260 g/mol. The zero-order chi connectivity index (χ0) is 60.3. The van der Waals surface area contributed by atoms with Gasteiger partial charge in [-0.15, -0.1) is 0 Å². The van der Waals surface area contributed by atoms with E-state index in [4.69, 9.17) is 43.1 Å². The number of aromatic nitrogens is 9. The van der Waals surface area contributed by atoms with Crippen molar-refractivity contribution in [1.29, 1.82) is 0 Å². The molecule has 14 rings (SSSR count).